The minimum Gasteiger partial charge on any atom is -0.320 e. The molecule has 2 aromatic carbocycles. The lowest BCUT2D eigenvalue weighted by molar-refractivity contribution is 1.17. The fourth-order valence-corrected chi connectivity index (χ4v) is 4.01. The van der Waals surface area contributed by atoms with Crippen molar-refractivity contribution in [3.05, 3.63) is 74.5 Å². The van der Waals surface area contributed by atoms with Gasteiger partial charge >= 0.3 is 0 Å². The lowest BCUT2D eigenvalue weighted by atomic mass is 9.94. The molecule has 1 aromatic heterocycles. The summed E-state index contributed by atoms with van der Waals surface area (Å²) in [6.45, 7) is 0. The molecule has 4 rings (SSSR count). The third kappa shape index (κ3) is 2.57. The molecule has 0 radical (unpaired) electrons. The molecule has 1 aliphatic carbocycles. The summed E-state index contributed by atoms with van der Waals surface area (Å²) in [7, 11) is 0. The number of benzene rings is 2. The Labute approximate surface area is 154 Å². The molecular weight excluding hydrogens is 352 g/mol. The van der Waals surface area contributed by atoms with Gasteiger partial charge in [-0.05, 0) is 47.2 Å². The largest absolute Gasteiger partial charge is 0.320 e. The summed E-state index contributed by atoms with van der Waals surface area (Å²) in [5.41, 5.74) is 5.21. The number of thioether (sulfide) groups is 1. The van der Waals surface area contributed by atoms with E-state index >= 15 is 0 Å². The van der Waals surface area contributed by atoms with Crippen LogP contribution in [0.15, 0.2) is 52.2 Å². The summed E-state index contributed by atoms with van der Waals surface area (Å²) in [5.74, 6) is 0. The van der Waals surface area contributed by atoms with Crippen LogP contribution in [-0.2, 0) is 6.42 Å². The molecule has 5 heteroatoms. The van der Waals surface area contributed by atoms with Gasteiger partial charge in [-0.3, -0.25) is 4.79 Å². The number of nitriles is 1. The van der Waals surface area contributed by atoms with Gasteiger partial charge in [0.15, 0.2) is 0 Å². The Morgan fingerprint density at radius 3 is 2.84 bits per heavy atom. The number of pyridine rings is 1. The summed E-state index contributed by atoms with van der Waals surface area (Å²) >= 11 is 7.77. The minimum absolute atomic E-state index is 0.163. The first-order valence-electron chi connectivity index (χ1n) is 7.75. The van der Waals surface area contributed by atoms with E-state index in [2.05, 4.69) is 11.1 Å². The lowest BCUT2D eigenvalue weighted by Crippen LogP contribution is -2.14. The van der Waals surface area contributed by atoms with Crippen LogP contribution in [0.5, 0.6) is 0 Å². The molecular formula is C20H13ClN2OS. The van der Waals surface area contributed by atoms with Crippen molar-refractivity contribution in [3.8, 4) is 28.5 Å². The molecule has 0 amide bonds. The highest BCUT2D eigenvalue weighted by Gasteiger charge is 2.26. The van der Waals surface area contributed by atoms with Crippen LogP contribution < -0.4 is 5.56 Å². The van der Waals surface area contributed by atoms with Gasteiger partial charge in [0.1, 0.15) is 11.6 Å². The fraction of sp³-hybridized carbons (Fsp3) is 0.100. The van der Waals surface area contributed by atoms with Crippen molar-refractivity contribution in [1.82, 2.24) is 4.98 Å². The van der Waals surface area contributed by atoms with Gasteiger partial charge in [-0.1, -0.05) is 29.8 Å². The predicted octanol–water partition coefficient (Wildman–Crippen LogP) is 4.86. The van der Waals surface area contributed by atoms with Gasteiger partial charge in [0.05, 0.1) is 5.69 Å². The zero-order valence-electron chi connectivity index (χ0n) is 13.4. The van der Waals surface area contributed by atoms with E-state index in [1.807, 2.05) is 48.7 Å². The molecule has 0 bridgehead atoms. The van der Waals surface area contributed by atoms with Crippen LogP contribution in [0.1, 0.15) is 16.7 Å². The second kappa shape index (κ2) is 6.11. The molecule has 0 unspecified atom stereocenters. The molecule has 0 spiro atoms. The fourth-order valence-electron chi connectivity index (χ4n) is 3.38. The van der Waals surface area contributed by atoms with Crippen LogP contribution in [0.25, 0.3) is 22.4 Å². The third-order valence-corrected chi connectivity index (χ3v) is 5.46. The molecule has 0 fully saturated rings. The van der Waals surface area contributed by atoms with Crippen LogP contribution in [0.3, 0.4) is 0 Å². The van der Waals surface area contributed by atoms with Crippen molar-refractivity contribution >= 4 is 23.4 Å². The van der Waals surface area contributed by atoms with Crippen LogP contribution in [-0.4, -0.2) is 11.2 Å². The molecule has 1 N–H and O–H groups in total. The number of fused-ring (bicyclic) bond motifs is 3. The normalized spacial score (nSPS) is 11.7. The SMILES string of the molecule is CSc1cccc(-c2c3c([nH]c(=O)c2C#N)-c2cc(Cl)ccc2C3)c1. The van der Waals surface area contributed by atoms with Crippen LogP contribution in [0, 0.1) is 11.3 Å². The van der Waals surface area contributed by atoms with Gasteiger partial charge in [-0.25, -0.2) is 0 Å². The summed E-state index contributed by atoms with van der Waals surface area (Å²) in [6.07, 6.45) is 2.68. The molecule has 3 aromatic rings. The Hall–Kier alpha value is -2.48. The summed E-state index contributed by atoms with van der Waals surface area (Å²) in [4.78, 5) is 16.5. The Balaban J connectivity index is 2.05. The topological polar surface area (TPSA) is 56.6 Å². The van der Waals surface area contributed by atoms with Crippen molar-refractivity contribution in [3.63, 3.8) is 0 Å². The number of nitrogens with zero attached hydrogens (tertiary/aromatic N) is 1. The highest BCUT2D eigenvalue weighted by Crippen LogP contribution is 2.42. The molecule has 1 heterocycles. The highest BCUT2D eigenvalue weighted by atomic mass is 35.5. The Bertz CT molecular complexity index is 1110. The first kappa shape index (κ1) is 16.0. The number of nitrogens with one attached hydrogen (secondary N) is 1. The van der Waals surface area contributed by atoms with E-state index in [-0.39, 0.29) is 11.1 Å². The number of halogens is 1. The summed E-state index contributed by atoms with van der Waals surface area (Å²) in [6, 6.07) is 15.7. The Morgan fingerprint density at radius 2 is 2.08 bits per heavy atom. The molecule has 3 nitrogen and oxygen atoms in total. The summed E-state index contributed by atoms with van der Waals surface area (Å²) < 4.78 is 0. The number of hydrogen-bond donors (Lipinski definition) is 1. The van der Waals surface area contributed by atoms with Crippen molar-refractivity contribution in [2.45, 2.75) is 11.3 Å². The molecule has 0 saturated carbocycles. The van der Waals surface area contributed by atoms with Gasteiger partial charge in [0, 0.05) is 27.5 Å². The molecule has 0 saturated heterocycles. The maximum absolute atomic E-state index is 12.5. The minimum atomic E-state index is -0.362. The number of hydrogen-bond acceptors (Lipinski definition) is 3. The molecule has 25 heavy (non-hydrogen) atoms. The maximum Gasteiger partial charge on any atom is 0.266 e. The van der Waals surface area contributed by atoms with Crippen LogP contribution >= 0.6 is 23.4 Å². The molecule has 122 valence electrons. The zero-order chi connectivity index (χ0) is 17.6. The number of aromatic amines is 1. The monoisotopic (exact) mass is 364 g/mol. The van der Waals surface area contributed by atoms with E-state index in [4.69, 9.17) is 11.6 Å². The average molecular weight is 365 g/mol. The first-order valence-corrected chi connectivity index (χ1v) is 9.35. The standard InChI is InChI=1S/C20H13ClN2OS/c1-25-14-4-2-3-12(7-14)18-16-8-11-5-6-13(21)9-15(11)19(16)23-20(24)17(18)10-22/h2-7,9H,8H2,1H3,(H,23,24). The van der Waals surface area contributed by atoms with Gasteiger partial charge in [-0.15, -0.1) is 11.8 Å². The van der Waals surface area contributed by atoms with E-state index in [9.17, 15) is 10.1 Å². The van der Waals surface area contributed by atoms with E-state index in [1.54, 1.807) is 11.8 Å². The van der Waals surface area contributed by atoms with Crippen molar-refractivity contribution < 1.29 is 0 Å². The average Bonchev–Trinajstić information content (AvgIpc) is 2.98. The first-order chi connectivity index (χ1) is 12.1. The van der Waals surface area contributed by atoms with Gasteiger partial charge in [0.2, 0.25) is 0 Å². The number of H-pyrrole nitrogens is 1. The number of aromatic nitrogens is 1. The molecule has 1 aliphatic rings. The van der Waals surface area contributed by atoms with Crippen LogP contribution in [0.2, 0.25) is 5.02 Å². The van der Waals surface area contributed by atoms with Gasteiger partial charge in [-0.2, -0.15) is 5.26 Å². The number of rotatable bonds is 2. The predicted molar refractivity (Wildman–Crippen MR) is 102 cm³/mol. The Morgan fingerprint density at radius 1 is 1.24 bits per heavy atom. The Kier molecular flexibility index (Phi) is 3.91. The van der Waals surface area contributed by atoms with Gasteiger partial charge in [0.25, 0.3) is 5.56 Å². The maximum atomic E-state index is 12.5. The van der Waals surface area contributed by atoms with Gasteiger partial charge < -0.3 is 4.98 Å². The van der Waals surface area contributed by atoms with Crippen molar-refractivity contribution in [2.24, 2.45) is 0 Å². The van der Waals surface area contributed by atoms with E-state index in [0.717, 1.165) is 38.4 Å². The van der Waals surface area contributed by atoms with Crippen LogP contribution in [0.4, 0.5) is 0 Å². The zero-order valence-corrected chi connectivity index (χ0v) is 15.0. The molecule has 0 aliphatic heterocycles. The summed E-state index contributed by atoms with van der Waals surface area (Å²) in [5, 5.41) is 10.2. The van der Waals surface area contributed by atoms with E-state index < -0.39 is 0 Å². The van der Waals surface area contributed by atoms with Crippen molar-refractivity contribution in [2.75, 3.05) is 6.26 Å². The van der Waals surface area contributed by atoms with Crippen molar-refractivity contribution in [1.29, 1.82) is 5.26 Å². The highest BCUT2D eigenvalue weighted by molar-refractivity contribution is 7.98. The second-order valence-corrected chi connectivity index (χ2v) is 7.20. The molecule has 0 atom stereocenters. The van der Waals surface area contributed by atoms with E-state index in [0.29, 0.717) is 11.4 Å². The van der Waals surface area contributed by atoms with E-state index in [1.165, 1.54) is 0 Å². The lowest BCUT2D eigenvalue weighted by Gasteiger charge is -2.11. The third-order valence-electron chi connectivity index (χ3n) is 4.50. The quantitative estimate of drug-likeness (QED) is 0.517. The second-order valence-electron chi connectivity index (χ2n) is 5.88. The smallest absolute Gasteiger partial charge is 0.266 e.